The highest BCUT2D eigenvalue weighted by Crippen LogP contribution is 2.50. The van der Waals surface area contributed by atoms with Gasteiger partial charge in [0, 0.05) is 24.1 Å². The lowest BCUT2D eigenvalue weighted by atomic mass is 9.54. The number of carbonyl (C=O) groups is 1. The van der Waals surface area contributed by atoms with Crippen LogP contribution in [0.4, 0.5) is 5.69 Å². The number of fused-ring (bicyclic) bond motifs is 1. The minimum Gasteiger partial charge on any atom is -0.378 e. The predicted molar refractivity (Wildman–Crippen MR) is 93.7 cm³/mol. The molecule has 1 heterocycles. The van der Waals surface area contributed by atoms with Crippen molar-refractivity contribution in [1.82, 2.24) is 4.98 Å². The highest BCUT2D eigenvalue weighted by Gasteiger charge is 2.62. The zero-order valence-corrected chi connectivity index (χ0v) is 14.8. The summed E-state index contributed by atoms with van der Waals surface area (Å²) in [6, 6.07) is 5.74. The normalized spacial score (nSPS) is 26.0. The van der Waals surface area contributed by atoms with Gasteiger partial charge in [0.05, 0.1) is 21.3 Å². The molecule has 0 aliphatic heterocycles. The number of benzene rings is 1. The third kappa shape index (κ3) is 2.55. The van der Waals surface area contributed by atoms with Crippen molar-refractivity contribution in [2.24, 2.45) is 11.1 Å². The summed E-state index contributed by atoms with van der Waals surface area (Å²) in [6.07, 6.45) is 0.566. The summed E-state index contributed by atoms with van der Waals surface area (Å²) in [5, 5.41) is 3.98. The first kappa shape index (κ1) is 16.4. The molecule has 0 spiro atoms. The molecule has 1 aromatic carbocycles. The van der Waals surface area contributed by atoms with E-state index < -0.39 is 11.0 Å². The van der Waals surface area contributed by atoms with Gasteiger partial charge in [-0.3, -0.25) is 4.79 Å². The minimum absolute atomic E-state index is 0.0230. The summed E-state index contributed by atoms with van der Waals surface area (Å²) in [5.41, 5.74) is 6.81. The fourth-order valence-corrected chi connectivity index (χ4v) is 4.05. The second-order valence-electron chi connectivity index (χ2n) is 6.71. The van der Waals surface area contributed by atoms with E-state index >= 15 is 0 Å². The second-order valence-corrected chi connectivity index (χ2v) is 7.95. The summed E-state index contributed by atoms with van der Waals surface area (Å²) in [4.78, 5) is 17.1. The quantitative estimate of drug-likeness (QED) is 0.901. The number of thiazole rings is 1. The van der Waals surface area contributed by atoms with Crippen molar-refractivity contribution in [2.75, 3.05) is 11.9 Å². The van der Waals surface area contributed by atoms with E-state index in [2.05, 4.69) is 10.3 Å². The fraction of sp³-hybridized carbons (Fsp3) is 0.529. The molecule has 5 nitrogen and oxygen atoms in total. The molecule has 1 aliphatic carbocycles. The maximum Gasteiger partial charge on any atom is 0.245 e. The summed E-state index contributed by atoms with van der Waals surface area (Å²) < 4.78 is 6.74. The molecule has 23 heavy (non-hydrogen) atoms. The molecule has 0 radical (unpaired) electrons. The van der Waals surface area contributed by atoms with Gasteiger partial charge in [-0.1, -0.05) is 13.8 Å². The second kappa shape index (κ2) is 5.54. The van der Waals surface area contributed by atoms with Crippen molar-refractivity contribution in [2.45, 2.75) is 45.8 Å². The van der Waals surface area contributed by atoms with E-state index in [1.165, 1.54) is 0 Å². The zero-order chi connectivity index (χ0) is 16.8. The molecule has 0 bridgehead atoms. The van der Waals surface area contributed by atoms with E-state index in [1.807, 2.05) is 45.9 Å². The van der Waals surface area contributed by atoms with Crippen LogP contribution in [-0.4, -0.2) is 29.1 Å². The highest BCUT2D eigenvalue weighted by atomic mass is 32.1. The Bertz CT molecular complexity index is 755. The molecule has 2 unspecified atom stereocenters. The Morgan fingerprint density at radius 3 is 2.91 bits per heavy atom. The average molecular weight is 333 g/mol. The number of hydrogen-bond acceptors (Lipinski definition) is 5. The van der Waals surface area contributed by atoms with Gasteiger partial charge in [-0.15, -0.1) is 11.3 Å². The molecule has 1 fully saturated rings. The third-order valence-electron chi connectivity index (χ3n) is 4.99. The summed E-state index contributed by atoms with van der Waals surface area (Å²) >= 11 is 1.61. The lowest BCUT2D eigenvalue weighted by Gasteiger charge is -2.57. The van der Waals surface area contributed by atoms with Crippen LogP contribution in [0.3, 0.4) is 0 Å². The molecular weight excluding hydrogens is 310 g/mol. The first-order chi connectivity index (χ1) is 10.8. The van der Waals surface area contributed by atoms with E-state index in [0.29, 0.717) is 13.0 Å². The van der Waals surface area contributed by atoms with Crippen LogP contribution >= 0.6 is 11.3 Å². The van der Waals surface area contributed by atoms with Crippen molar-refractivity contribution < 1.29 is 9.53 Å². The Balaban J connectivity index is 1.78. The van der Waals surface area contributed by atoms with Crippen molar-refractivity contribution >= 4 is 33.1 Å². The monoisotopic (exact) mass is 333 g/mol. The van der Waals surface area contributed by atoms with Crippen molar-refractivity contribution in [3.05, 3.63) is 23.2 Å². The maximum absolute atomic E-state index is 12.7. The number of anilines is 1. The Labute approximate surface area is 140 Å². The number of ether oxygens (including phenoxy) is 1. The Morgan fingerprint density at radius 1 is 1.52 bits per heavy atom. The standard InChI is InChI=1S/C17H23N3O2S/c1-5-22-14-9-17(18,16(14,3)4)15(21)20-11-6-7-12-13(8-11)23-10(2)19-12/h6-8,14H,5,9,18H2,1-4H3,(H,20,21). The molecule has 1 aromatic heterocycles. The molecule has 1 saturated carbocycles. The van der Waals surface area contributed by atoms with Gasteiger partial charge in [-0.05, 0) is 32.0 Å². The van der Waals surface area contributed by atoms with Crippen molar-refractivity contribution in [3.63, 3.8) is 0 Å². The summed E-state index contributed by atoms with van der Waals surface area (Å²) in [6.45, 7) is 8.55. The van der Waals surface area contributed by atoms with E-state index in [4.69, 9.17) is 10.5 Å². The lowest BCUT2D eigenvalue weighted by Crippen LogP contribution is -2.74. The number of carbonyl (C=O) groups excluding carboxylic acids is 1. The van der Waals surface area contributed by atoms with Crippen molar-refractivity contribution in [1.29, 1.82) is 0 Å². The van der Waals surface area contributed by atoms with Crippen LogP contribution in [0, 0.1) is 12.3 Å². The molecule has 1 aliphatic rings. The number of aromatic nitrogens is 1. The van der Waals surface area contributed by atoms with Crippen LogP contribution in [0.2, 0.25) is 0 Å². The van der Waals surface area contributed by atoms with Gasteiger partial charge in [0.1, 0.15) is 5.54 Å². The Kier molecular flexibility index (Phi) is 3.94. The molecule has 0 saturated heterocycles. The van der Waals surface area contributed by atoms with Crippen LogP contribution in [0.5, 0.6) is 0 Å². The first-order valence-corrected chi connectivity index (χ1v) is 8.68. The number of nitrogens with two attached hydrogens (primary N) is 1. The SMILES string of the molecule is CCOC1CC(N)(C(=O)Nc2ccc3nc(C)sc3c2)C1(C)C. The number of nitrogens with one attached hydrogen (secondary N) is 1. The molecular formula is C17H23N3O2S. The molecule has 3 N–H and O–H groups in total. The van der Waals surface area contributed by atoms with E-state index in [9.17, 15) is 4.79 Å². The van der Waals surface area contributed by atoms with Crippen molar-refractivity contribution in [3.8, 4) is 0 Å². The van der Waals surface area contributed by atoms with Gasteiger partial charge in [-0.25, -0.2) is 4.98 Å². The van der Waals surface area contributed by atoms with Crippen LogP contribution in [0.1, 0.15) is 32.2 Å². The molecule has 2 atom stereocenters. The summed E-state index contributed by atoms with van der Waals surface area (Å²) in [5.74, 6) is -0.154. The van der Waals surface area contributed by atoms with Gasteiger partial charge in [0.15, 0.2) is 0 Å². The molecule has 2 aromatic rings. The summed E-state index contributed by atoms with van der Waals surface area (Å²) in [7, 11) is 0. The van der Waals surface area contributed by atoms with Crippen LogP contribution in [0.15, 0.2) is 18.2 Å². The number of rotatable bonds is 4. The van der Waals surface area contributed by atoms with Gasteiger partial charge in [0.2, 0.25) is 5.91 Å². The minimum atomic E-state index is -0.911. The molecule has 1 amide bonds. The van der Waals surface area contributed by atoms with Crippen LogP contribution < -0.4 is 11.1 Å². The van der Waals surface area contributed by atoms with Gasteiger partial charge >= 0.3 is 0 Å². The Morgan fingerprint density at radius 2 is 2.26 bits per heavy atom. The Hall–Kier alpha value is -1.50. The number of aryl methyl sites for hydroxylation is 1. The third-order valence-corrected chi connectivity index (χ3v) is 5.92. The number of amides is 1. The number of nitrogens with zero attached hydrogens (tertiary/aromatic N) is 1. The molecule has 3 rings (SSSR count). The lowest BCUT2D eigenvalue weighted by molar-refractivity contribution is -0.166. The zero-order valence-electron chi connectivity index (χ0n) is 14.0. The largest absolute Gasteiger partial charge is 0.378 e. The molecule has 124 valence electrons. The maximum atomic E-state index is 12.7. The number of hydrogen-bond donors (Lipinski definition) is 2. The van der Waals surface area contributed by atoms with Gasteiger partial charge in [-0.2, -0.15) is 0 Å². The topological polar surface area (TPSA) is 77.2 Å². The first-order valence-electron chi connectivity index (χ1n) is 7.87. The highest BCUT2D eigenvalue weighted by molar-refractivity contribution is 7.18. The van der Waals surface area contributed by atoms with E-state index in [1.54, 1.807) is 11.3 Å². The molecule has 6 heteroatoms. The average Bonchev–Trinajstić information content (AvgIpc) is 2.86. The smallest absolute Gasteiger partial charge is 0.245 e. The van der Waals surface area contributed by atoms with E-state index in [-0.39, 0.29) is 12.0 Å². The van der Waals surface area contributed by atoms with Gasteiger partial charge in [0.25, 0.3) is 0 Å². The fourth-order valence-electron chi connectivity index (χ4n) is 3.18. The van der Waals surface area contributed by atoms with E-state index in [0.717, 1.165) is 20.9 Å². The predicted octanol–water partition coefficient (Wildman–Crippen LogP) is 3.08. The van der Waals surface area contributed by atoms with Gasteiger partial charge < -0.3 is 15.8 Å². The van der Waals surface area contributed by atoms with Crippen LogP contribution in [-0.2, 0) is 9.53 Å². The van der Waals surface area contributed by atoms with Crippen LogP contribution in [0.25, 0.3) is 10.2 Å².